The second kappa shape index (κ2) is 5.00. The summed E-state index contributed by atoms with van der Waals surface area (Å²) in [5.41, 5.74) is 1.85. The molecule has 2 rings (SSSR count). The minimum absolute atomic E-state index is 0.0521. The number of rotatable bonds is 2. The summed E-state index contributed by atoms with van der Waals surface area (Å²) < 4.78 is 0.962. The third-order valence-electron chi connectivity index (χ3n) is 2.99. The molecule has 0 heterocycles. The van der Waals surface area contributed by atoms with Crippen molar-refractivity contribution >= 4 is 21.8 Å². The van der Waals surface area contributed by atoms with Gasteiger partial charge in [-0.2, -0.15) is 0 Å². The molecule has 1 aromatic rings. The average Bonchev–Trinajstić information content (AvgIpc) is 2.68. The highest BCUT2D eigenvalue weighted by Crippen LogP contribution is 2.19. The fourth-order valence-electron chi connectivity index (χ4n) is 2.21. The Bertz CT molecular complexity index is 377. The lowest BCUT2D eigenvalue weighted by atomic mass is 10.1. The van der Waals surface area contributed by atoms with Gasteiger partial charge in [-0.15, -0.1) is 0 Å². The van der Waals surface area contributed by atoms with E-state index < -0.39 is 0 Å². The van der Waals surface area contributed by atoms with Crippen LogP contribution in [0.5, 0.6) is 0 Å². The molecule has 1 N–H and O–H groups in total. The van der Waals surface area contributed by atoms with Gasteiger partial charge in [-0.25, -0.2) is 0 Å². The Labute approximate surface area is 105 Å². The largest absolute Gasteiger partial charge is 0.349 e. The molecule has 1 aliphatic rings. The van der Waals surface area contributed by atoms with Gasteiger partial charge in [-0.1, -0.05) is 28.8 Å². The van der Waals surface area contributed by atoms with Gasteiger partial charge in [0.2, 0.25) is 0 Å². The van der Waals surface area contributed by atoms with Gasteiger partial charge in [0.25, 0.3) is 5.91 Å². The van der Waals surface area contributed by atoms with Crippen LogP contribution < -0.4 is 5.32 Å². The number of hydrogen-bond donors (Lipinski definition) is 1. The third kappa shape index (κ3) is 2.85. The molecule has 0 atom stereocenters. The van der Waals surface area contributed by atoms with Crippen molar-refractivity contribution in [3.8, 4) is 0 Å². The number of halogens is 1. The number of benzene rings is 1. The summed E-state index contributed by atoms with van der Waals surface area (Å²) in [6.07, 6.45) is 4.72. The van der Waals surface area contributed by atoms with Gasteiger partial charge in [-0.3, -0.25) is 4.79 Å². The Balaban J connectivity index is 2.07. The van der Waals surface area contributed by atoms with Crippen LogP contribution in [0, 0.1) is 6.92 Å². The summed E-state index contributed by atoms with van der Waals surface area (Å²) >= 11 is 3.41. The molecule has 1 amide bonds. The van der Waals surface area contributed by atoms with E-state index in [4.69, 9.17) is 0 Å². The predicted octanol–water partition coefficient (Wildman–Crippen LogP) is 3.43. The molecule has 0 aliphatic heterocycles. The Morgan fingerprint density at radius 1 is 1.31 bits per heavy atom. The lowest BCUT2D eigenvalue weighted by Gasteiger charge is -2.12. The molecule has 86 valence electrons. The summed E-state index contributed by atoms with van der Waals surface area (Å²) in [6, 6.07) is 6.19. The monoisotopic (exact) mass is 281 g/mol. The van der Waals surface area contributed by atoms with Crippen LogP contribution in [0.1, 0.15) is 41.6 Å². The van der Waals surface area contributed by atoms with Crippen LogP contribution in [0.4, 0.5) is 0 Å². The SMILES string of the molecule is Cc1cc(Br)cc(C(=O)NC2CCCC2)c1. The highest BCUT2D eigenvalue weighted by molar-refractivity contribution is 9.10. The van der Waals surface area contributed by atoms with Crippen molar-refractivity contribution in [1.82, 2.24) is 5.32 Å². The van der Waals surface area contributed by atoms with E-state index >= 15 is 0 Å². The second-order valence-electron chi connectivity index (χ2n) is 4.47. The molecule has 16 heavy (non-hydrogen) atoms. The van der Waals surface area contributed by atoms with Crippen molar-refractivity contribution in [3.05, 3.63) is 33.8 Å². The molecule has 1 aromatic carbocycles. The summed E-state index contributed by atoms with van der Waals surface area (Å²) in [5, 5.41) is 3.09. The topological polar surface area (TPSA) is 29.1 Å². The molecular formula is C13H16BrNO. The Morgan fingerprint density at radius 2 is 2.00 bits per heavy atom. The smallest absolute Gasteiger partial charge is 0.251 e. The first kappa shape index (κ1) is 11.6. The second-order valence-corrected chi connectivity index (χ2v) is 5.39. The van der Waals surface area contributed by atoms with Crippen molar-refractivity contribution in [1.29, 1.82) is 0 Å². The Morgan fingerprint density at radius 3 is 2.62 bits per heavy atom. The van der Waals surface area contributed by atoms with Crippen LogP contribution >= 0.6 is 15.9 Å². The van der Waals surface area contributed by atoms with Crippen LogP contribution in [0.2, 0.25) is 0 Å². The van der Waals surface area contributed by atoms with Gasteiger partial charge in [0.15, 0.2) is 0 Å². The van der Waals surface area contributed by atoms with Gasteiger partial charge < -0.3 is 5.32 Å². The molecule has 0 radical (unpaired) electrons. The first-order chi connectivity index (χ1) is 7.65. The first-order valence-electron chi connectivity index (χ1n) is 5.73. The number of aryl methyl sites for hydroxylation is 1. The van der Waals surface area contributed by atoms with Gasteiger partial charge in [0, 0.05) is 16.1 Å². The van der Waals surface area contributed by atoms with Crippen LogP contribution in [0.25, 0.3) is 0 Å². The summed E-state index contributed by atoms with van der Waals surface area (Å²) in [5.74, 6) is 0.0521. The standard InChI is InChI=1S/C13H16BrNO/c1-9-6-10(8-11(14)7-9)13(16)15-12-4-2-3-5-12/h6-8,12H,2-5H2,1H3,(H,15,16). The van der Waals surface area contributed by atoms with E-state index in [1.165, 1.54) is 12.8 Å². The lowest BCUT2D eigenvalue weighted by Crippen LogP contribution is -2.32. The fraction of sp³-hybridized carbons (Fsp3) is 0.462. The Kier molecular flexibility index (Phi) is 3.64. The zero-order valence-electron chi connectivity index (χ0n) is 9.42. The van der Waals surface area contributed by atoms with Gasteiger partial charge in [0.05, 0.1) is 0 Å². The van der Waals surface area contributed by atoms with Crippen molar-refractivity contribution in [2.75, 3.05) is 0 Å². The number of carbonyl (C=O) groups is 1. The quantitative estimate of drug-likeness (QED) is 0.884. The molecule has 0 unspecified atom stereocenters. The molecule has 0 saturated heterocycles. The van der Waals surface area contributed by atoms with E-state index in [2.05, 4.69) is 21.2 Å². The van der Waals surface area contributed by atoms with E-state index in [1.807, 2.05) is 25.1 Å². The normalized spacial score (nSPS) is 16.4. The van der Waals surface area contributed by atoms with Crippen molar-refractivity contribution in [2.24, 2.45) is 0 Å². The highest BCUT2D eigenvalue weighted by atomic mass is 79.9. The number of hydrogen-bond acceptors (Lipinski definition) is 1. The summed E-state index contributed by atoms with van der Waals surface area (Å²) in [4.78, 5) is 12.0. The summed E-state index contributed by atoms with van der Waals surface area (Å²) in [7, 11) is 0. The molecule has 1 aliphatic carbocycles. The van der Waals surface area contributed by atoms with Crippen LogP contribution in [-0.4, -0.2) is 11.9 Å². The zero-order valence-corrected chi connectivity index (χ0v) is 11.0. The number of amides is 1. The van der Waals surface area contributed by atoms with Crippen LogP contribution in [0.3, 0.4) is 0 Å². The zero-order chi connectivity index (χ0) is 11.5. The lowest BCUT2D eigenvalue weighted by molar-refractivity contribution is 0.0937. The first-order valence-corrected chi connectivity index (χ1v) is 6.52. The summed E-state index contributed by atoms with van der Waals surface area (Å²) in [6.45, 7) is 2.00. The number of nitrogens with one attached hydrogen (secondary N) is 1. The molecule has 3 heteroatoms. The third-order valence-corrected chi connectivity index (χ3v) is 3.45. The maximum atomic E-state index is 12.0. The van der Waals surface area contributed by atoms with E-state index in [9.17, 15) is 4.79 Å². The van der Waals surface area contributed by atoms with E-state index in [0.717, 1.165) is 28.4 Å². The predicted molar refractivity (Wildman–Crippen MR) is 68.6 cm³/mol. The van der Waals surface area contributed by atoms with Gasteiger partial charge in [0.1, 0.15) is 0 Å². The molecule has 0 bridgehead atoms. The van der Waals surface area contributed by atoms with Crippen molar-refractivity contribution in [2.45, 2.75) is 38.6 Å². The maximum absolute atomic E-state index is 12.0. The van der Waals surface area contributed by atoms with Crippen molar-refractivity contribution in [3.63, 3.8) is 0 Å². The average molecular weight is 282 g/mol. The van der Waals surface area contributed by atoms with Crippen LogP contribution in [0.15, 0.2) is 22.7 Å². The fourth-order valence-corrected chi connectivity index (χ4v) is 2.81. The molecule has 1 saturated carbocycles. The minimum Gasteiger partial charge on any atom is -0.349 e. The molecule has 1 fully saturated rings. The van der Waals surface area contributed by atoms with Gasteiger partial charge >= 0.3 is 0 Å². The van der Waals surface area contributed by atoms with Gasteiger partial charge in [-0.05, 0) is 43.5 Å². The van der Waals surface area contributed by atoms with E-state index in [0.29, 0.717) is 6.04 Å². The minimum atomic E-state index is 0.0521. The van der Waals surface area contributed by atoms with Crippen LogP contribution in [-0.2, 0) is 0 Å². The molecule has 2 nitrogen and oxygen atoms in total. The van der Waals surface area contributed by atoms with E-state index in [-0.39, 0.29) is 5.91 Å². The maximum Gasteiger partial charge on any atom is 0.251 e. The van der Waals surface area contributed by atoms with Crippen molar-refractivity contribution < 1.29 is 4.79 Å². The Hall–Kier alpha value is -0.830. The molecule has 0 aromatic heterocycles. The highest BCUT2D eigenvalue weighted by Gasteiger charge is 2.18. The molecular weight excluding hydrogens is 266 g/mol. The number of carbonyl (C=O) groups excluding carboxylic acids is 1. The molecule has 0 spiro atoms. The van der Waals surface area contributed by atoms with E-state index in [1.54, 1.807) is 0 Å².